The molecule has 1 fully saturated rings. The number of hydrogen-bond donors (Lipinski definition) is 2. The Kier molecular flexibility index (Phi) is 5.87. The molecular weight excluding hydrogens is 348 g/mol. The van der Waals surface area contributed by atoms with Crippen molar-refractivity contribution in [3.05, 3.63) is 58.6 Å². The van der Waals surface area contributed by atoms with Gasteiger partial charge in [0.05, 0.1) is 10.6 Å². The van der Waals surface area contributed by atoms with Crippen LogP contribution in [0, 0.1) is 10.1 Å². The van der Waals surface area contributed by atoms with Crippen molar-refractivity contribution in [3.8, 4) is 5.75 Å². The van der Waals surface area contributed by atoms with Gasteiger partial charge in [0.25, 0.3) is 5.69 Å². The van der Waals surface area contributed by atoms with Crippen molar-refractivity contribution >= 4 is 23.0 Å². The van der Waals surface area contributed by atoms with E-state index in [9.17, 15) is 20.0 Å². The van der Waals surface area contributed by atoms with E-state index in [2.05, 4.69) is 15.1 Å². The number of phenolic OH excluding ortho intramolecular Hbond substituents is 1. The lowest BCUT2D eigenvalue weighted by Crippen LogP contribution is -2.47. The number of aromatic hydroxyl groups is 1. The second kappa shape index (κ2) is 8.50. The molecular formula is C19H22N4O4. The number of nitrogens with one attached hydrogen (secondary N) is 1. The van der Waals surface area contributed by atoms with E-state index in [4.69, 9.17) is 0 Å². The molecule has 0 atom stereocenters. The van der Waals surface area contributed by atoms with E-state index in [1.165, 1.54) is 12.1 Å². The minimum atomic E-state index is -0.486. The number of nitro groups is 1. The average molecular weight is 370 g/mol. The molecule has 8 nitrogen and oxygen atoms in total. The number of nitrogens with zero attached hydrogens (tertiary/aromatic N) is 3. The summed E-state index contributed by atoms with van der Waals surface area (Å²) in [4.78, 5) is 26.7. The zero-order valence-electron chi connectivity index (χ0n) is 14.9. The quantitative estimate of drug-likeness (QED) is 0.599. The summed E-state index contributed by atoms with van der Waals surface area (Å²) < 4.78 is 0. The lowest BCUT2D eigenvalue weighted by Gasteiger charge is -2.36. The van der Waals surface area contributed by atoms with Crippen LogP contribution in [0.4, 0.5) is 17.1 Å². The zero-order valence-corrected chi connectivity index (χ0v) is 14.9. The highest BCUT2D eigenvalue weighted by Crippen LogP contribution is 2.27. The molecule has 8 heteroatoms. The van der Waals surface area contributed by atoms with Crippen LogP contribution in [0.25, 0.3) is 0 Å². The van der Waals surface area contributed by atoms with Gasteiger partial charge < -0.3 is 15.3 Å². The number of carbonyl (C=O) groups is 1. The number of para-hydroxylation sites is 2. The number of piperazine rings is 1. The Morgan fingerprint density at radius 3 is 2.56 bits per heavy atom. The van der Waals surface area contributed by atoms with Gasteiger partial charge in [-0.15, -0.1) is 0 Å². The number of amides is 1. The maximum absolute atomic E-state index is 12.1. The molecule has 3 rings (SSSR count). The first-order valence-electron chi connectivity index (χ1n) is 8.82. The molecule has 27 heavy (non-hydrogen) atoms. The summed E-state index contributed by atoms with van der Waals surface area (Å²) in [6.07, 6.45) is 0.319. The van der Waals surface area contributed by atoms with Crippen molar-refractivity contribution < 1.29 is 14.8 Å². The fourth-order valence-electron chi connectivity index (χ4n) is 3.12. The molecule has 0 unspecified atom stereocenters. The third-order valence-electron chi connectivity index (χ3n) is 4.59. The van der Waals surface area contributed by atoms with Gasteiger partial charge in [0.1, 0.15) is 5.75 Å². The van der Waals surface area contributed by atoms with Crippen molar-refractivity contribution in [1.29, 1.82) is 0 Å². The Morgan fingerprint density at radius 1 is 1.11 bits per heavy atom. The first-order chi connectivity index (χ1) is 13.0. The maximum Gasteiger partial charge on any atom is 0.271 e. The molecule has 1 saturated heterocycles. The largest absolute Gasteiger partial charge is 0.506 e. The molecule has 1 aliphatic rings. The van der Waals surface area contributed by atoms with Crippen LogP contribution in [0.3, 0.4) is 0 Å². The number of anilines is 2. The van der Waals surface area contributed by atoms with Gasteiger partial charge in [0, 0.05) is 57.0 Å². The van der Waals surface area contributed by atoms with Gasteiger partial charge in [-0.3, -0.25) is 19.8 Å². The molecule has 2 N–H and O–H groups in total. The highest BCUT2D eigenvalue weighted by molar-refractivity contribution is 5.91. The number of phenols is 1. The normalized spacial score (nSPS) is 14.7. The predicted molar refractivity (Wildman–Crippen MR) is 103 cm³/mol. The first kappa shape index (κ1) is 18.7. The SMILES string of the molecule is O=C(CCN1CCN(c2ccccc2O)CC1)Nc1cccc([N+](=O)[O-])c1. The molecule has 1 amide bonds. The van der Waals surface area contributed by atoms with Crippen molar-refractivity contribution in [3.63, 3.8) is 0 Å². The van der Waals surface area contributed by atoms with Crippen LogP contribution in [0.5, 0.6) is 5.75 Å². The minimum absolute atomic E-state index is 0.0481. The Balaban J connectivity index is 1.45. The van der Waals surface area contributed by atoms with E-state index in [0.29, 0.717) is 18.7 Å². The van der Waals surface area contributed by atoms with Crippen molar-refractivity contribution in [1.82, 2.24) is 4.90 Å². The second-order valence-electron chi connectivity index (χ2n) is 6.42. The molecule has 0 aromatic heterocycles. The maximum atomic E-state index is 12.1. The van der Waals surface area contributed by atoms with Gasteiger partial charge in [-0.25, -0.2) is 0 Å². The Hall–Kier alpha value is -3.13. The van der Waals surface area contributed by atoms with Crippen LogP contribution >= 0.6 is 0 Å². The molecule has 2 aromatic carbocycles. The minimum Gasteiger partial charge on any atom is -0.506 e. The molecule has 0 bridgehead atoms. The molecule has 0 aliphatic carbocycles. The summed E-state index contributed by atoms with van der Waals surface area (Å²) in [7, 11) is 0. The number of nitro benzene ring substituents is 1. The van der Waals surface area contributed by atoms with Crippen LogP contribution in [0.1, 0.15) is 6.42 Å². The fourth-order valence-corrected chi connectivity index (χ4v) is 3.12. The smallest absolute Gasteiger partial charge is 0.271 e. The molecule has 1 heterocycles. The number of rotatable bonds is 6. The summed E-state index contributed by atoms with van der Waals surface area (Å²) in [6, 6.07) is 13.2. The molecule has 142 valence electrons. The lowest BCUT2D eigenvalue weighted by atomic mass is 10.2. The fraction of sp³-hybridized carbons (Fsp3) is 0.316. The van der Waals surface area contributed by atoms with Crippen molar-refractivity contribution in [2.24, 2.45) is 0 Å². The topological polar surface area (TPSA) is 99.0 Å². The highest BCUT2D eigenvalue weighted by atomic mass is 16.6. The van der Waals surface area contributed by atoms with Gasteiger partial charge in [-0.2, -0.15) is 0 Å². The summed E-state index contributed by atoms with van der Waals surface area (Å²) >= 11 is 0. The Morgan fingerprint density at radius 2 is 1.85 bits per heavy atom. The summed E-state index contributed by atoms with van der Waals surface area (Å²) in [5.74, 6) is 0.112. The molecule has 1 aliphatic heterocycles. The summed E-state index contributed by atoms with van der Waals surface area (Å²) in [6.45, 7) is 3.79. The number of carbonyl (C=O) groups excluding carboxylic acids is 1. The van der Waals surface area contributed by atoms with Gasteiger partial charge in [-0.1, -0.05) is 18.2 Å². The third-order valence-corrected chi connectivity index (χ3v) is 4.59. The van der Waals surface area contributed by atoms with Crippen molar-refractivity contribution in [2.45, 2.75) is 6.42 Å². The third kappa shape index (κ3) is 4.95. The molecule has 0 spiro atoms. The van der Waals surface area contributed by atoms with Crippen LogP contribution in [0.15, 0.2) is 48.5 Å². The predicted octanol–water partition coefficient (Wildman–Crippen LogP) is 2.45. The van der Waals surface area contributed by atoms with Gasteiger partial charge in [-0.05, 0) is 18.2 Å². The number of benzene rings is 2. The van der Waals surface area contributed by atoms with Crippen LogP contribution in [-0.2, 0) is 4.79 Å². The van der Waals surface area contributed by atoms with E-state index in [0.717, 1.165) is 31.9 Å². The van der Waals surface area contributed by atoms with Gasteiger partial charge in [0.15, 0.2) is 0 Å². The second-order valence-corrected chi connectivity index (χ2v) is 6.42. The highest BCUT2D eigenvalue weighted by Gasteiger charge is 2.19. The van der Waals surface area contributed by atoms with Gasteiger partial charge in [0.2, 0.25) is 5.91 Å². The zero-order chi connectivity index (χ0) is 19.2. The van der Waals surface area contributed by atoms with Gasteiger partial charge >= 0.3 is 0 Å². The number of hydrogen-bond acceptors (Lipinski definition) is 6. The van der Waals surface area contributed by atoms with E-state index in [1.807, 2.05) is 12.1 Å². The van der Waals surface area contributed by atoms with Crippen LogP contribution < -0.4 is 10.2 Å². The first-order valence-corrected chi connectivity index (χ1v) is 8.82. The van der Waals surface area contributed by atoms with E-state index in [1.54, 1.807) is 24.3 Å². The van der Waals surface area contributed by atoms with E-state index >= 15 is 0 Å². The monoisotopic (exact) mass is 370 g/mol. The van der Waals surface area contributed by atoms with E-state index in [-0.39, 0.29) is 17.3 Å². The molecule has 2 aromatic rings. The molecule has 0 radical (unpaired) electrons. The van der Waals surface area contributed by atoms with Crippen LogP contribution in [0.2, 0.25) is 0 Å². The lowest BCUT2D eigenvalue weighted by molar-refractivity contribution is -0.384. The standard InChI is InChI=1S/C19H22N4O4/c24-18-7-2-1-6-17(18)22-12-10-21(11-13-22)9-8-19(25)20-15-4-3-5-16(14-15)23(26)27/h1-7,14,24H,8-13H2,(H,20,25). The Bertz CT molecular complexity index is 819. The molecule has 0 saturated carbocycles. The van der Waals surface area contributed by atoms with Crippen molar-refractivity contribution in [2.75, 3.05) is 42.9 Å². The Labute approximate surface area is 157 Å². The average Bonchev–Trinajstić information content (AvgIpc) is 2.67. The summed E-state index contributed by atoms with van der Waals surface area (Å²) in [5, 5.41) is 23.4. The summed E-state index contributed by atoms with van der Waals surface area (Å²) in [5.41, 5.74) is 1.22. The number of non-ortho nitro benzene ring substituents is 1. The van der Waals surface area contributed by atoms with E-state index < -0.39 is 4.92 Å². The van der Waals surface area contributed by atoms with Crippen LogP contribution in [-0.4, -0.2) is 53.6 Å².